The maximum atomic E-state index is 12.7. The Morgan fingerprint density at radius 3 is 2.21 bits per heavy atom. The molecule has 0 radical (unpaired) electrons. The quantitative estimate of drug-likeness (QED) is 0.348. The Morgan fingerprint density at radius 1 is 1.33 bits per heavy atom. The second-order valence-corrected chi connectivity index (χ2v) is 6.66. The number of nitrogens with two attached hydrogens (primary N) is 1. The number of aliphatic hydroxyl groups is 1. The highest BCUT2D eigenvalue weighted by Crippen LogP contribution is 2.45. The van der Waals surface area contributed by atoms with Crippen LogP contribution in [-0.4, -0.2) is 51.9 Å². The van der Waals surface area contributed by atoms with Crippen molar-refractivity contribution >= 4 is 13.6 Å². The van der Waals surface area contributed by atoms with Crippen LogP contribution in [0, 0.1) is 0 Å². The molecule has 136 valence electrons. The first-order valence-electron chi connectivity index (χ1n) is 7.44. The minimum absolute atomic E-state index is 0.0825. The number of hydrogen-bond acceptors (Lipinski definition) is 4. The summed E-state index contributed by atoms with van der Waals surface area (Å²) in [6.07, 6.45) is 0.833. The van der Waals surface area contributed by atoms with Crippen molar-refractivity contribution in [3.05, 3.63) is 43.0 Å². The lowest BCUT2D eigenvalue weighted by Gasteiger charge is -2.34. The molecule has 0 amide bonds. The van der Waals surface area contributed by atoms with E-state index in [9.17, 15) is 9.36 Å². The lowest BCUT2D eigenvalue weighted by Crippen LogP contribution is -2.39. The molecular weight excluding hydrogens is 333 g/mol. The first-order chi connectivity index (χ1) is 11.3. The van der Waals surface area contributed by atoms with E-state index in [1.807, 2.05) is 32.0 Å². The van der Waals surface area contributed by atoms with Crippen molar-refractivity contribution in [3.8, 4) is 5.75 Å². The number of nitrogens with zero attached hydrogens (tertiary/aromatic N) is 2. The molecule has 9 heteroatoms. The summed E-state index contributed by atoms with van der Waals surface area (Å²) in [5, 5.41) is 16.7. The summed E-state index contributed by atoms with van der Waals surface area (Å²) in [6, 6.07) is 8.96. The van der Waals surface area contributed by atoms with E-state index in [0.29, 0.717) is 18.8 Å². The zero-order valence-electron chi connectivity index (χ0n) is 14.0. The van der Waals surface area contributed by atoms with Crippen molar-refractivity contribution in [3.63, 3.8) is 0 Å². The van der Waals surface area contributed by atoms with E-state index in [0.717, 1.165) is 6.08 Å². The Bertz CT molecular complexity index is 537. The maximum Gasteiger partial charge on any atom is 0.327 e. The molecule has 0 bridgehead atoms. The molecule has 0 saturated carbocycles. The Balaban J connectivity index is 0.000000922. The van der Waals surface area contributed by atoms with Gasteiger partial charge in [0.25, 0.3) is 0 Å². The molecule has 1 rings (SSSR count). The first-order valence-corrected chi connectivity index (χ1v) is 9.12. The van der Waals surface area contributed by atoms with Gasteiger partial charge in [-0.3, -0.25) is 10.1 Å². The van der Waals surface area contributed by atoms with Crippen LogP contribution >= 0.6 is 7.59 Å². The average Bonchev–Trinajstić information content (AvgIpc) is 2.56. The van der Waals surface area contributed by atoms with E-state index in [1.165, 1.54) is 4.83 Å². The summed E-state index contributed by atoms with van der Waals surface area (Å²) in [4.78, 5) is 16.0. The lowest BCUT2D eigenvalue weighted by atomic mass is 10.3. The van der Waals surface area contributed by atoms with Gasteiger partial charge >= 0.3 is 13.6 Å². The molecule has 0 aromatic heterocycles. The number of aliphatic carboxylic acids is 1. The van der Waals surface area contributed by atoms with Crippen LogP contribution in [0.25, 0.3) is 0 Å². The van der Waals surface area contributed by atoms with Crippen molar-refractivity contribution in [1.82, 2.24) is 9.50 Å². The number of benzene rings is 1. The van der Waals surface area contributed by atoms with Gasteiger partial charge in [-0.25, -0.2) is 9.46 Å². The number of rotatable bonds is 9. The van der Waals surface area contributed by atoms with Crippen molar-refractivity contribution < 1.29 is 24.4 Å². The van der Waals surface area contributed by atoms with Gasteiger partial charge in [0.2, 0.25) is 0 Å². The summed E-state index contributed by atoms with van der Waals surface area (Å²) >= 11 is 0. The molecule has 0 aliphatic rings. The zero-order valence-corrected chi connectivity index (χ0v) is 14.9. The predicted molar refractivity (Wildman–Crippen MR) is 93.4 cm³/mol. The molecule has 0 spiro atoms. The van der Waals surface area contributed by atoms with Crippen LogP contribution < -0.4 is 10.3 Å². The fourth-order valence-electron chi connectivity index (χ4n) is 1.71. The highest BCUT2D eigenvalue weighted by atomic mass is 31.2. The zero-order chi connectivity index (χ0) is 18.6. The summed E-state index contributed by atoms with van der Waals surface area (Å²) in [7, 11) is -3.31. The molecule has 8 nitrogen and oxygen atoms in total. The fraction of sp³-hybridized carbons (Fsp3) is 0.400. The van der Waals surface area contributed by atoms with Gasteiger partial charge in [-0.05, 0) is 12.1 Å². The molecule has 0 saturated heterocycles. The maximum absolute atomic E-state index is 12.7. The SMILES string of the molecule is C=CC(=O)O.CCN(CC)P(N)(=O)N(CCO)Oc1ccccc1. The molecule has 0 aliphatic carbocycles. The molecule has 1 aromatic rings. The predicted octanol–water partition coefficient (Wildman–Crippen LogP) is 1.94. The molecule has 0 heterocycles. The minimum Gasteiger partial charge on any atom is -0.478 e. The Hall–Kier alpha value is -1.70. The van der Waals surface area contributed by atoms with Gasteiger partial charge in [-0.2, -0.15) is 0 Å². The summed E-state index contributed by atoms with van der Waals surface area (Å²) < 4.78 is 14.3. The van der Waals surface area contributed by atoms with Crippen LogP contribution in [0.1, 0.15) is 13.8 Å². The van der Waals surface area contributed by atoms with E-state index < -0.39 is 13.6 Å². The molecule has 24 heavy (non-hydrogen) atoms. The highest BCUT2D eigenvalue weighted by molar-refractivity contribution is 7.56. The Kier molecular flexibility index (Phi) is 10.9. The average molecular weight is 359 g/mol. The summed E-state index contributed by atoms with van der Waals surface area (Å²) in [5.74, 6) is -0.446. The van der Waals surface area contributed by atoms with Gasteiger partial charge in [0.05, 0.1) is 13.2 Å². The van der Waals surface area contributed by atoms with E-state index in [-0.39, 0.29) is 13.2 Å². The third-order valence-electron chi connectivity index (χ3n) is 2.87. The minimum atomic E-state index is -3.31. The molecular formula is C15H26N3O5P. The number of hydrogen-bond donors (Lipinski definition) is 3. The number of carbonyl (C=O) groups is 1. The number of aliphatic hydroxyl groups excluding tert-OH is 1. The molecule has 0 fully saturated rings. The van der Waals surface area contributed by atoms with Crippen LogP contribution in [0.4, 0.5) is 0 Å². The highest BCUT2D eigenvalue weighted by Gasteiger charge is 2.33. The van der Waals surface area contributed by atoms with Crippen molar-refractivity contribution in [2.24, 2.45) is 5.50 Å². The largest absolute Gasteiger partial charge is 0.478 e. The topological polar surface area (TPSA) is 116 Å². The third-order valence-corrected chi connectivity index (χ3v) is 5.17. The van der Waals surface area contributed by atoms with Gasteiger partial charge in [-0.1, -0.05) is 43.5 Å². The van der Waals surface area contributed by atoms with Crippen molar-refractivity contribution in [2.75, 3.05) is 26.2 Å². The third kappa shape index (κ3) is 7.72. The van der Waals surface area contributed by atoms with E-state index in [1.54, 1.807) is 16.8 Å². The molecule has 1 unspecified atom stereocenters. The van der Waals surface area contributed by atoms with Gasteiger partial charge < -0.3 is 15.1 Å². The monoisotopic (exact) mass is 359 g/mol. The van der Waals surface area contributed by atoms with Gasteiger partial charge in [0.1, 0.15) is 5.75 Å². The first kappa shape index (κ1) is 22.3. The van der Waals surface area contributed by atoms with E-state index >= 15 is 0 Å². The molecule has 4 N–H and O–H groups in total. The lowest BCUT2D eigenvalue weighted by molar-refractivity contribution is -0.131. The van der Waals surface area contributed by atoms with Crippen LogP contribution in [0.5, 0.6) is 5.75 Å². The number of para-hydroxylation sites is 1. The Morgan fingerprint density at radius 2 is 1.83 bits per heavy atom. The standard InChI is InChI=1S/C12H22N3O3P.C3H4O2/c1-3-14(4-2)19(13,17)15(10-11-16)18-12-8-6-5-7-9-12;1-2-3(4)5/h5-9,16H,3-4,10-11H2,1-2H3,(H2,13,17);2H,1H2,(H,4,5). The summed E-state index contributed by atoms with van der Waals surface area (Å²) in [6.45, 7) is 7.71. The fourth-order valence-corrected chi connectivity index (χ4v) is 3.39. The normalized spacial score (nSPS) is 12.9. The van der Waals surface area contributed by atoms with Crippen molar-refractivity contribution in [1.29, 1.82) is 0 Å². The number of hydroxylamine groups is 1. The van der Waals surface area contributed by atoms with Crippen molar-refractivity contribution in [2.45, 2.75) is 13.8 Å². The van der Waals surface area contributed by atoms with E-state index in [4.69, 9.17) is 20.6 Å². The van der Waals surface area contributed by atoms with Gasteiger partial charge in [0.15, 0.2) is 0 Å². The van der Waals surface area contributed by atoms with Gasteiger partial charge in [0, 0.05) is 19.2 Å². The van der Waals surface area contributed by atoms with E-state index in [2.05, 4.69) is 6.58 Å². The van der Waals surface area contributed by atoms with Crippen LogP contribution in [0.15, 0.2) is 43.0 Å². The molecule has 1 atom stereocenters. The van der Waals surface area contributed by atoms with Crippen LogP contribution in [0.3, 0.4) is 0 Å². The van der Waals surface area contributed by atoms with Crippen LogP contribution in [0.2, 0.25) is 0 Å². The second-order valence-electron chi connectivity index (χ2n) is 4.47. The van der Waals surface area contributed by atoms with Crippen LogP contribution in [-0.2, 0) is 9.36 Å². The number of carboxylic acid groups (broad SMARTS) is 1. The van der Waals surface area contributed by atoms with Gasteiger partial charge in [-0.15, -0.1) is 0 Å². The summed E-state index contributed by atoms with van der Waals surface area (Å²) in [5.41, 5.74) is 5.93. The molecule has 1 aromatic carbocycles. The second kappa shape index (κ2) is 11.8. The smallest absolute Gasteiger partial charge is 0.327 e. The molecule has 0 aliphatic heterocycles. The number of carboxylic acids is 1. The Labute approximate surface area is 142 Å².